The number of amides is 3. The summed E-state index contributed by atoms with van der Waals surface area (Å²) < 4.78 is 0. The Morgan fingerprint density at radius 1 is 0.872 bits per heavy atom. The summed E-state index contributed by atoms with van der Waals surface area (Å²) in [5.74, 6) is -5.25. The topological polar surface area (TPSA) is 205 Å². The van der Waals surface area contributed by atoms with Gasteiger partial charge in [-0.05, 0) is 62.8 Å². The highest BCUT2D eigenvalue weighted by atomic mass is 16.4. The summed E-state index contributed by atoms with van der Waals surface area (Å²) in [7, 11) is 0. The van der Waals surface area contributed by atoms with Crippen LogP contribution in [-0.4, -0.2) is 64.8 Å². The quantitative estimate of drug-likeness (QED) is 0.124. The van der Waals surface area contributed by atoms with Crippen LogP contribution >= 0.6 is 0 Å². The number of unbranched alkanes of at least 4 members (excludes halogenated alkanes) is 1. The number of benzene rings is 1. The number of hydrogen-bond donors (Lipinski definition) is 6. The number of rotatable bonds is 21. The largest absolute Gasteiger partial charge is 0.481 e. The van der Waals surface area contributed by atoms with Crippen LogP contribution in [0, 0.1) is 5.92 Å². The molecule has 7 N–H and O–H groups in total. The van der Waals surface area contributed by atoms with Crippen molar-refractivity contribution in [3.05, 3.63) is 29.8 Å². The summed E-state index contributed by atoms with van der Waals surface area (Å²) in [4.78, 5) is 70.3. The number of ketones is 1. The van der Waals surface area contributed by atoms with Gasteiger partial charge >= 0.3 is 11.9 Å². The number of carboxylic acids is 2. The zero-order valence-corrected chi connectivity index (χ0v) is 22.4. The average molecular weight is 549 g/mol. The maximum absolute atomic E-state index is 12.3. The predicted molar refractivity (Wildman–Crippen MR) is 144 cm³/mol. The van der Waals surface area contributed by atoms with Crippen molar-refractivity contribution in [2.24, 2.45) is 11.7 Å². The Bertz CT molecular complexity index is 981. The molecular formula is C27H40N4O8. The molecule has 0 saturated heterocycles. The Hall–Kier alpha value is -3.96. The summed E-state index contributed by atoms with van der Waals surface area (Å²) >= 11 is 0. The van der Waals surface area contributed by atoms with E-state index in [1.807, 2.05) is 12.1 Å². The van der Waals surface area contributed by atoms with Gasteiger partial charge in [-0.2, -0.15) is 0 Å². The number of carboxylic acid groups (broad SMARTS) is 2. The molecule has 0 radical (unpaired) electrons. The number of carbonyl (C=O) groups excluding carboxylic acids is 4. The first-order valence-electron chi connectivity index (χ1n) is 13.2. The molecule has 12 nitrogen and oxygen atoms in total. The monoisotopic (exact) mass is 548 g/mol. The molecule has 0 bridgehead atoms. The number of anilines is 1. The van der Waals surface area contributed by atoms with Gasteiger partial charge < -0.3 is 31.9 Å². The SMILES string of the molecule is CCCNc1ccc(C(=O)NCCCC[C@H](NC(=O)CC[C@H](CC(=O)CCCC(=O)O)C(=O)O)C(N)=O)cc1. The van der Waals surface area contributed by atoms with Crippen LogP contribution in [-0.2, 0) is 24.0 Å². The second-order valence-corrected chi connectivity index (χ2v) is 9.34. The molecular weight excluding hydrogens is 508 g/mol. The Kier molecular flexibility index (Phi) is 15.5. The van der Waals surface area contributed by atoms with Crippen molar-refractivity contribution in [3.8, 4) is 0 Å². The second-order valence-electron chi connectivity index (χ2n) is 9.34. The van der Waals surface area contributed by atoms with Gasteiger partial charge in [-0.15, -0.1) is 0 Å². The van der Waals surface area contributed by atoms with E-state index >= 15 is 0 Å². The number of nitrogens with one attached hydrogen (secondary N) is 3. The first-order valence-corrected chi connectivity index (χ1v) is 13.2. The summed E-state index contributed by atoms with van der Waals surface area (Å²) in [6.07, 6.45) is 1.55. The van der Waals surface area contributed by atoms with Crippen molar-refractivity contribution in [2.45, 2.75) is 77.2 Å². The maximum Gasteiger partial charge on any atom is 0.306 e. The van der Waals surface area contributed by atoms with Crippen LogP contribution in [0.5, 0.6) is 0 Å². The van der Waals surface area contributed by atoms with Gasteiger partial charge in [-0.25, -0.2) is 0 Å². The van der Waals surface area contributed by atoms with Gasteiger partial charge in [0.25, 0.3) is 5.91 Å². The highest BCUT2D eigenvalue weighted by molar-refractivity contribution is 5.94. The zero-order valence-electron chi connectivity index (χ0n) is 22.4. The van der Waals surface area contributed by atoms with Crippen LogP contribution in [0.2, 0.25) is 0 Å². The van der Waals surface area contributed by atoms with Gasteiger partial charge in [-0.3, -0.25) is 28.8 Å². The lowest BCUT2D eigenvalue weighted by atomic mass is 9.95. The number of hydrogen-bond acceptors (Lipinski definition) is 7. The fourth-order valence-electron chi connectivity index (χ4n) is 3.77. The van der Waals surface area contributed by atoms with Gasteiger partial charge in [0.2, 0.25) is 11.8 Å². The van der Waals surface area contributed by atoms with Gasteiger partial charge in [0.05, 0.1) is 5.92 Å². The Morgan fingerprint density at radius 3 is 2.15 bits per heavy atom. The number of primary amides is 1. The highest BCUT2D eigenvalue weighted by Crippen LogP contribution is 2.15. The van der Waals surface area contributed by atoms with Crippen LogP contribution in [0.15, 0.2) is 24.3 Å². The second kappa shape index (κ2) is 18.3. The number of carbonyl (C=O) groups is 6. The first kappa shape index (κ1) is 33.1. The minimum Gasteiger partial charge on any atom is -0.481 e. The van der Waals surface area contributed by atoms with E-state index in [1.165, 1.54) is 0 Å². The molecule has 39 heavy (non-hydrogen) atoms. The molecule has 12 heteroatoms. The standard InChI is InChI=1S/C27H40N4O8/c1-2-15-29-20-12-9-18(10-13-20)26(37)30-16-4-3-7-22(25(28)36)31-23(33)14-11-19(27(38)39)17-21(32)6-5-8-24(34)35/h9-10,12-13,19,22,29H,2-8,11,14-17H2,1H3,(H2,28,36)(H,30,37)(H,31,33)(H,34,35)(H,38,39)/t19-,22+/m1/s1. The van der Waals surface area contributed by atoms with Gasteiger partial charge in [0.15, 0.2) is 0 Å². The Morgan fingerprint density at radius 2 is 1.56 bits per heavy atom. The van der Waals surface area contributed by atoms with Crippen LogP contribution in [0.25, 0.3) is 0 Å². The molecule has 2 atom stereocenters. The molecule has 1 rings (SSSR count). The van der Waals surface area contributed by atoms with E-state index in [0.29, 0.717) is 24.9 Å². The van der Waals surface area contributed by atoms with Gasteiger partial charge in [-0.1, -0.05) is 6.92 Å². The molecule has 1 aromatic rings. The minimum atomic E-state index is -1.23. The lowest BCUT2D eigenvalue weighted by Gasteiger charge is -2.17. The molecule has 0 aliphatic rings. The molecule has 216 valence electrons. The van der Waals surface area contributed by atoms with E-state index in [0.717, 1.165) is 18.7 Å². The molecule has 0 aliphatic carbocycles. The Balaban J connectivity index is 2.39. The van der Waals surface area contributed by atoms with Crippen molar-refractivity contribution in [1.29, 1.82) is 0 Å². The van der Waals surface area contributed by atoms with Gasteiger partial charge in [0, 0.05) is 50.0 Å². The molecule has 0 heterocycles. The first-order chi connectivity index (χ1) is 18.5. The third kappa shape index (κ3) is 14.5. The maximum atomic E-state index is 12.3. The molecule has 0 saturated carbocycles. The zero-order chi connectivity index (χ0) is 29.2. The lowest BCUT2D eigenvalue weighted by molar-refractivity contribution is -0.144. The number of nitrogens with two attached hydrogens (primary N) is 1. The van der Waals surface area contributed by atoms with Crippen LogP contribution in [0.3, 0.4) is 0 Å². The van der Waals surface area contributed by atoms with Crippen LogP contribution in [0.4, 0.5) is 5.69 Å². The third-order valence-corrected chi connectivity index (χ3v) is 6.00. The average Bonchev–Trinajstić information content (AvgIpc) is 2.88. The molecule has 0 fully saturated rings. The normalized spacial score (nSPS) is 12.1. The molecule has 0 aromatic heterocycles. The number of Topliss-reactive ketones (excluding diaryl/α,β-unsaturated/α-hetero) is 1. The molecule has 0 spiro atoms. The third-order valence-electron chi connectivity index (χ3n) is 6.00. The Labute approximate surface area is 228 Å². The summed E-state index contributed by atoms with van der Waals surface area (Å²) in [6, 6.07) is 6.19. The van der Waals surface area contributed by atoms with E-state index in [-0.39, 0.29) is 56.6 Å². The van der Waals surface area contributed by atoms with E-state index in [1.54, 1.807) is 12.1 Å². The number of aliphatic carboxylic acids is 2. The fourth-order valence-corrected chi connectivity index (χ4v) is 3.77. The van der Waals surface area contributed by atoms with Crippen LogP contribution in [0.1, 0.15) is 81.5 Å². The lowest BCUT2D eigenvalue weighted by Crippen LogP contribution is -2.44. The highest BCUT2D eigenvalue weighted by Gasteiger charge is 2.24. The smallest absolute Gasteiger partial charge is 0.306 e. The van der Waals surface area contributed by atoms with Gasteiger partial charge in [0.1, 0.15) is 11.8 Å². The predicted octanol–water partition coefficient (Wildman–Crippen LogP) is 2.07. The van der Waals surface area contributed by atoms with E-state index < -0.39 is 35.7 Å². The van der Waals surface area contributed by atoms with Crippen molar-refractivity contribution in [1.82, 2.24) is 10.6 Å². The van der Waals surface area contributed by atoms with Crippen molar-refractivity contribution in [3.63, 3.8) is 0 Å². The van der Waals surface area contributed by atoms with Crippen molar-refractivity contribution >= 4 is 41.1 Å². The molecule has 0 unspecified atom stereocenters. The van der Waals surface area contributed by atoms with Crippen molar-refractivity contribution in [2.75, 3.05) is 18.4 Å². The molecule has 3 amide bonds. The summed E-state index contributed by atoms with van der Waals surface area (Å²) in [5.41, 5.74) is 6.86. The van der Waals surface area contributed by atoms with Crippen LogP contribution < -0.4 is 21.7 Å². The molecule has 1 aromatic carbocycles. The summed E-state index contributed by atoms with van der Waals surface area (Å²) in [6.45, 7) is 3.28. The van der Waals surface area contributed by atoms with E-state index in [2.05, 4.69) is 22.9 Å². The minimum absolute atomic E-state index is 0.0463. The summed E-state index contributed by atoms with van der Waals surface area (Å²) in [5, 5.41) is 26.5. The fraction of sp³-hybridized carbons (Fsp3) is 0.556. The van der Waals surface area contributed by atoms with Crippen molar-refractivity contribution < 1.29 is 39.0 Å². The van der Waals surface area contributed by atoms with E-state index in [4.69, 9.17) is 10.8 Å². The van der Waals surface area contributed by atoms with E-state index in [9.17, 15) is 33.9 Å². The molecule has 0 aliphatic heterocycles.